The van der Waals surface area contributed by atoms with E-state index >= 15 is 0 Å². The molecule has 0 saturated heterocycles. The molecule has 1 unspecified atom stereocenters. The Morgan fingerprint density at radius 3 is 2.58 bits per heavy atom. The van der Waals surface area contributed by atoms with E-state index in [4.69, 9.17) is 14.2 Å². The fourth-order valence-electron chi connectivity index (χ4n) is 3.87. The molecule has 0 radical (unpaired) electrons. The summed E-state index contributed by atoms with van der Waals surface area (Å²) >= 11 is 0. The van der Waals surface area contributed by atoms with Crippen LogP contribution in [0.3, 0.4) is 0 Å². The largest absolute Gasteiger partial charge is 0.493 e. The number of esters is 1. The van der Waals surface area contributed by atoms with Gasteiger partial charge in [0.15, 0.2) is 11.5 Å². The van der Waals surface area contributed by atoms with Crippen LogP contribution in [0, 0.1) is 0 Å². The quantitative estimate of drug-likeness (QED) is 0.452. The second kappa shape index (κ2) is 8.27. The summed E-state index contributed by atoms with van der Waals surface area (Å²) in [5, 5.41) is 11.8. The molecule has 1 aliphatic heterocycles. The van der Waals surface area contributed by atoms with Crippen LogP contribution in [0.2, 0.25) is 0 Å². The molecule has 4 aromatic rings. The molecule has 1 aromatic heterocycles. The predicted molar refractivity (Wildman–Crippen MR) is 120 cm³/mol. The van der Waals surface area contributed by atoms with Crippen LogP contribution < -0.4 is 14.8 Å². The van der Waals surface area contributed by atoms with Crippen LogP contribution >= 0.6 is 0 Å². The lowest BCUT2D eigenvalue weighted by Gasteiger charge is -2.12. The summed E-state index contributed by atoms with van der Waals surface area (Å²) in [7, 11) is 2.94. The number of fused-ring (bicyclic) bond motifs is 2. The molecule has 0 spiro atoms. The van der Waals surface area contributed by atoms with Gasteiger partial charge in [0.05, 0.1) is 26.3 Å². The zero-order valence-corrected chi connectivity index (χ0v) is 17.9. The van der Waals surface area contributed by atoms with Gasteiger partial charge >= 0.3 is 5.97 Å². The Balaban J connectivity index is 1.33. The lowest BCUT2D eigenvalue weighted by atomic mass is 10.0. The van der Waals surface area contributed by atoms with Crippen molar-refractivity contribution in [3.63, 3.8) is 0 Å². The molecular weight excluding hydrogens is 424 g/mol. The number of aromatic nitrogens is 3. The van der Waals surface area contributed by atoms with Crippen LogP contribution in [0.5, 0.6) is 11.5 Å². The van der Waals surface area contributed by atoms with E-state index in [9.17, 15) is 9.59 Å². The first kappa shape index (κ1) is 20.5. The molecule has 9 heteroatoms. The Bertz CT molecular complexity index is 1370. The van der Waals surface area contributed by atoms with Crippen molar-refractivity contribution in [2.45, 2.75) is 12.5 Å². The molecule has 166 valence electrons. The molecule has 1 atom stereocenters. The van der Waals surface area contributed by atoms with E-state index in [0.717, 1.165) is 5.69 Å². The topological polar surface area (TPSA) is 105 Å². The van der Waals surface area contributed by atoms with E-state index in [0.29, 0.717) is 33.8 Å². The summed E-state index contributed by atoms with van der Waals surface area (Å²) in [4.78, 5) is 26.7. The molecule has 5 rings (SSSR count). The lowest BCUT2D eigenvalue weighted by molar-refractivity contribution is -0.118. The Morgan fingerprint density at radius 2 is 1.82 bits per heavy atom. The van der Waals surface area contributed by atoms with Crippen LogP contribution in [0.4, 0.5) is 5.69 Å². The van der Waals surface area contributed by atoms with Crippen molar-refractivity contribution < 1.29 is 23.8 Å². The number of ether oxygens (including phenoxy) is 3. The number of nitrogens with one attached hydrogen (secondary N) is 1. The van der Waals surface area contributed by atoms with Crippen molar-refractivity contribution in [1.29, 1.82) is 0 Å². The highest BCUT2D eigenvalue weighted by Crippen LogP contribution is 2.43. The summed E-state index contributed by atoms with van der Waals surface area (Å²) in [6, 6.07) is 18.3. The van der Waals surface area contributed by atoms with Gasteiger partial charge < -0.3 is 19.5 Å². The molecule has 1 amide bonds. The second-order valence-corrected chi connectivity index (χ2v) is 7.44. The normalized spacial score (nSPS) is 14.6. The Labute approximate surface area is 188 Å². The van der Waals surface area contributed by atoms with Crippen LogP contribution in [0.25, 0.3) is 16.7 Å². The molecule has 0 fully saturated rings. The number of hydrogen-bond donors (Lipinski definition) is 1. The minimum atomic E-state index is -0.713. The smallest absolute Gasteiger partial charge is 0.343 e. The maximum absolute atomic E-state index is 12.7. The predicted octanol–water partition coefficient (Wildman–Crippen LogP) is 3.68. The average Bonchev–Trinajstić information content (AvgIpc) is 3.39. The van der Waals surface area contributed by atoms with E-state index in [-0.39, 0.29) is 17.9 Å². The minimum absolute atomic E-state index is 0.0387. The number of carbonyl (C=O) groups is 2. The Kier molecular flexibility index (Phi) is 5.14. The van der Waals surface area contributed by atoms with Gasteiger partial charge in [-0.25, -0.2) is 4.79 Å². The number of cyclic esters (lactones) is 1. The second-order valence-electron chi connectivity index (χ2n) is 7.44. The number of rotatable bonds is 6. The van der Waals surface area contributed by atoms with Gasteiger partial charge in [0.2, 0.25) is 5.91 Å². The van der Waals surface area contributed by atoms with E-state index in [2.05, 4.69) is 15.5 Å². The summed E-state index contributed by atoms with van der Waals surface area (Å²) in [5.41, 5.74) is 3.64. The first-order chi connectivity index (χ1) is 16.1. The number of amides is 1. The van der Waals surface area contributed by atoms with Crippen LogP contribution in [0.15, 0.2) is 60.7 Å². The van der Waals surface area contributed by atoms with Gasteiger partial charge in [-0.05, 0) is 36.4 Å². The first-order valence-electron chi connectivity index (χ1n) is 10.3. The Morgan fingerprint density at radius 1 is 1.03 bits per heavy atom. The van der Waals surface area contributed by atoms with Crippen LogP contribution in [0.1, 0.15) is 28.4 Å². The molecule has 0 bridgehead atoms. The number of hydrogen-bond acceptors (Lipinski definition) is 7. The highest BCUT2D eigenvalue weighted by molar-refractivity contribution is 5.99. The highest BCUT2D eigenvalue weighted by atomic mass is 16.6. The fraction of sp³-hybridized carbons (Fsp3) is 0.167. The number of carbonyl (C=O) groups excluding carboxylic acids is 2. The third kappa shape index (κ3) is 3.73. The van der Waals surface area contributed by atoms with Crippen molar-refractivity contribution in [1.82, 2.24) is 15.0 Å². The van der Waals surface area contributed by atoms with Crippen molar-refractivity contribution in [2.24, 2.45) is 0 Å². The van der Waals surface area contributed by atoms with Gasteiger partial charge in [-0.3, -0.25) is 4.79 Å². The molecular formula is C24H20N4O5. The molecule has 2 heterocycles. The zero-order chi connectivity index (χ0) is 22.9. The summed E-state index contributed by atoms with van der Waals surface area (Å²) < 4.78 is 16.0. The zero-order valence-electron chi connectivity index (χ0n) is 17.9. The molecule has 9 nitrogen and oxygen atoms in total. The minimum Gasteiger partial charge on any atom is -0.493 e. The fourth-order valence-corrected chi connectivity index (χ4v) is 3.87. The number of benzene rings is 3. The molecule has 0 aliphatic carbocycles. The van der Waals surface area contributed by atoms with Crippen LogP contribution in [-0.2, 0) is 9.53 Å². The van der Waals surface area contributed by atoms with Crippen LogP contribution in [-0.4, -0.2) is 41.1 Å². The van der Waals surface area contributed by atoms with E-state index in [1.807, 2.05) is 30.3 Å². The third-order valence-electron chi connectivity index (χ3n) is 5.40. The van der Waals surface area contributed by atoms with Crippen molar-refractivity contribution in [2.75, 3.05) is 19.5 Å². The SMILES string of the molecule is COc1ccc2c(c1OC)C(=O)OC2CC(=O)Nc1ccc2nn(-c3ccccc3)nc2c1. The van der Waals surface area contributed by atoms with Gasteiger partial charge in [-0.1, -0.05) is 24.3 Å². The van der Waals surface area contributed by atoms with E-state index in [1.165, 1.54) is 14.2 Å². The number of para-hydroxylation sites is 1. The molecule has 1 aliphatic rings. The van der Waals surface area contributed by atoms with E-state index < -0.39 is 12.1 Å². The van der Waals surface area contributed by atoms with Gasteiger partial charge in [0.25, 0.3) is 0 Å². The van der Waals surface area contributed by atoms with Crippen molar-refractivity contribution in [3.8, 4) is 17.2 Å². The average molecular weight is 444 g/mol. The third-order valence-corrected chi connectivity index (χ3v) is 5.40. The van der Waals surface area contributed by atoms with Gasteiger partial charge in [-0.15, -0.1) is 10.2 Å². The van der Waals surface area contributed by atoms with Crippen molar-refractivity contribution in [3.05, 3.63) is 71.8 Å². The van der Waals surface area contributed by atoms with E-state index in [1.54, 1.807) is 35.1 Å². The van der Waals surface area contributed by atoms with Gasteiger partial charge in [-0.2, -0.15) is 4.80 Å². The highest BCUT2D eigenvalue weighted by Gasteiger charge is 2.36. The lowest BCUT2D eigenvalue weighted by Crippen LogP contribution is -2.15. The maximum atomic E-state index is 12.7. The number of nitrogens with zero attached hydrogens (tertiary/aromatic N) is 3. The molecule has 3 aromatic carbocycles. The molecule has 0 saturated carbocycles. The Hall–Kier alpha value is -4.40. The van der Waals surface area contributed by atoms with Gasteiger partial charge in [0, 0.05) is 11.3 Å². The monoisotopic (exact) mass is 444 g/mol. The molecule has 1 N–H and O–H groups in total. The van der Waals surface area contributed by atoms with Gasteiger partial charge in [0.1, 0.15) is 22.7 Å². The number of anilines is 1. The maximum Gasteiger partial charge on any atom is 0.343 e. The summed E-state index contributed by atoms with van der Waals surface area (Å²) in [5.74, 6) is -0.118. The summed E-state index contributed by atoms with van der Waals surface area (Å²) in [6.45, 7) is 0. The summed E-state index contributed by atoms with van der Waals surface area (Å²) in [6.07, 6.45) is -0.752. The first-order valence-corrected chi connectivity index (χ1v) is 10.3. The number of methoxy groups -OCH3 is 2. The standard InChI is InChI=1S/C24H20N4O5/c1-31-19-11-9-16-20(33-24(30)22(16)23(19)32-2)13-21(29)25-14-8-10-17-18(12-14)27-28(26-17)15-6-4-3-5-7-15/h3-12,20H,13H2,1-2H3,(H,25,29). The molecule has 33 heavy (non-hydrogen) atoms. The van der Waals surface area contributed by atoms with Crippen molar-refractivity contribution >= 4 is 28.6 Å².